The van der Waals surface area contributed by atoms with Crippen LogP contribution in [0.25, 0.3) is 0 Å². The number of hydrogen-bond acceptors (Lipinski definition) is 5. The summed E-state index contributed by atoms with van der Waals surface area (Å²) in [6, 6.07) is -2.11. The van der Waals surface area contributed by atoms with Gasteiger partial charge in [-0.25, -0.2) is 14.6 Å². The molecule has 0 aliphatic rings. The molecule has 0 bridgehead atoms. The molecule has 0 spiro atoms. The molecule has 0 aromatic carbocycles. The van der Waals surface area contributed by atoms with E-state index in [1.807, 2.05) is 6.92 Å². The van der Waals surface area contributed by atoms with Crippen molar-refractivity contribution in [2.24, 2.45) is 5.73 Å². The predicted molar refractivity (Wildman–Crippen MR) is 69.0 cm³/mol. The number of rotatable bonds is 5. The molecule has 1 heterocycles. The van der Waals surface area contributed by atoms with Gasteiger partial charge in [-0.3, -0.25) is 10.1 Å². The van der Waals surface area contributed by atoms with Crippen LogP contribution in [0.4, 0.5) is 9.93 Å². The number of aromatic nitrogens is 1. The van der Waals surface area contributed by atoms with Crippen LogP contribution in [0, 0.1) is 13.8 Å². The molecule has 5 N–H and O–H groups in total. The summed E-state index contributed by atoms with van der Waals surface area (Å²) in [5.74, 6) is -2.14. The van der Waals surface area contributed by atoms with Crippen LogP contribution in [0.2, 0.25) is 0 Å². The lowest BCUT2D eigenvalue weighted by Gasteiger charge is -2.12. The minimum absolute atomic E-state index is 0.357. The average molecular weight is 286 g/mol. The third-order valence-corrected chi connectivity index (χ3v) is 3.25. The van der Waals surface area contributed by atoms with Crippen LogP contribution >= 0.6 is 11.3 Å². The van der Waals surface area contributed by atoms with Crippen LogP contribution in [-0.2, 0) is 9.59 Å². The van der Waals surface area contributed by atoms with E-state index < -0.39 is 30.4 Å². The lowest BCUT2D eigenvalue weighted by Crippen LogP contribution is -2.45. The van der Waals surface area contributed by atoms with Crippen LogP contribution in [0.5, 0.6) is 0 Å². The number of nitrogens with zero attached hydrogens (tertiary/aromatic N) is 1. The third-order valence-electron chi connectivity index (χ3n) is 2.26. The van der Waals surface area contributed by atoms with Crippen molar-refractivity contribution < 1.29 is 19.5 Å². The van der Waals surface area contributed by atoms with Crippen LogP contribution in [0.3, 0.4) is 0 Å². The Morgan fingerprint density at radius 1 is 1.42 bits per heavy atom. The summed E-state index contributed by atoms with van der Waals surface area (Å²) in [6.45, 7) is 3.64. The third kappa shape index (κ3) is 4.54. The maximum atomic E-state index is 11.6. The summed E-state index contributed by atoms with van der Waals surface area (Å²) in [5.41, 5.74) is 5.68. The number of primary amides is 1. The lowest BCUT2D eigenvalue weighted by atomic mass is 10.2. The molecule has 1 atom stereocenters. The number of urea groups is 1. The zero-order chi connectivity index (χ0) is 14.6. The maximum Gasteiger partial charge on any atom is 0.326 e. The molecule has 0 radical (unpaired) electrons. The van der Waals surface area contributed by atoms with Gasteiger partial charge in [-0.2, -0.15) is 0 Å². The van der Waals surface area contributed by atoms with E-state index in [1.54, 1.807) is 6.92 Å². The number of nitrogens with one attached hydrogen (secondary N) is 2. The van der Waals surface area contributed by atoms with Gasteiger partial charge in [0.1, 0.15) is 6.04 Å². The number of anilines is 1. The Bertz CT molecular complexity index is 494. The van der Waals surface area contributed by atoms with Gasteiger partial charge in [0.2, 0.25) is 5.91 Å². The summed E-state index contributed by atoms with van der Waals surface area (Å²) in [5, 5.41) is 13.7. The van der Waals surface area contributed by atoms with Crippen molar-refractivity contribution in [3.63, 3.8) is 0 Å². The van der Waals surface area contributed by atoms with E-state index in [-0.39, 0.29) is 0 Å². The molecule has 9 heteroatoms. The van der Waals surface area contributed by atoms with Crippen LogP contribution < -0.4 is 16.4 Å². The standard InChI is InChI=1S/C10H14N4O4S/c1-4-5(2)19-10(12-4)14-9(18)13-6(8(16)17)3-7(11)15/h6H,3H2,1-2H3,(H2,11,15)(H,16,17)(H2,12,13,14,18). The number of carbonyl (C=O) groups excluding carboxylic acids is 2. The van der Waals surface area contributed by atoms with Gasteiger partial charge in [-0.15, -0.1) is 11.3 Å². The highest BCUT2D eigenvalue weighted by molar-refractivity contribution is 7.15. The normalized spacial score (nSPS) is 11.7. The fourth-order valence-electron chi connectivity index (χ4n) is 1.22. The Hall–Kier alpha value is -2.16. The summed E-state index contributed by atoms with van der Waals surface area (Å²) in [7, 11) is 0. The van der Waals surface area contributed by atoms with Gasteiger partial charge in [0.15, 0.2) is 5.13 Å². The molecule has 1 rings (SSSR count). The molecule has 3 amide bonds. The SMILES string of the molecule is Cc1nc(NC(=O)NC(CC(N)=O)C(=O)O)sc1C. The van der Waals surface area contributed by atoms with Gasteiger partial charge in [-0.1, -0.05) is 0 Å². The molecule has 0 fully saturated rings. The quantitative estimate of drug-likeness (QED) is 0.613. The number of carboxylic acid groups (broad SMARTS) is 1. The number of aryl methyl sites for hydroxylation is 2. The van der Waals surface area contributed by atoms with Gasteiger partial charge in [-0.05, 0) is 13.8 Å². The monoisotopic (exact) mass is 286 g/mol. The van der Waals surface area contributed by atoms with E-state index >= 15 is 0 Å². The number of amides is 3. The zero-order valence-electron chi connectivity index (χ0n) is 10.4. The highest BCUT2D eigenvalue weighted by Crippen LogP contribution is 2.20. The number of aliphatic carboxylic acids is 1. The largest absolute Gasteiger partial charge is 0.480 e. The molecule has 1 unspecified atom stereocenters. The molecule has 0 saturated heterocycles. The van der Waals surface area contributed by atoms with Crippen molar-refractivity contribution in [2.45, 2.75) is 26.3 Å². The summed E-state index contributed by atoms with van der Waals surface area (Å²) in [4.78, 5) is 38.1. The second-order valence-electron chi connectivity index (χ2n) is 3.82. The first-order valence-corrected chi connectivity index (χ1v) is 6.14. The Balaban J connectivity index is 2.62. The Morgan fingerprint density at radius 2 is 2.05 bits per heavy atom. The number of nitrogens with two attached hydrogens (primary N) is 1. The van der Waals surface area contributed by atoms with E-state index in [2.05, 4.69) is 15.6 Å². The maximum absolute atomic E-state index is 11.6. The minimum atomic E-state index is -1.36. The number of carboxylic acids is 1. The van der Waals surface area contributed by atoms with Crippen LogP contribution in [0.15, 0.2) is 0 Å². The summed E-state index contributed by atoms with van der Waals surface area (Å²) in [6.07, 6.45) is -0.474. The van der Waals surface area contributed by atoms with Crippen molar-refractivity contribution in [2.75, 3.05) is 5.32 Å². The van der Waals surface area contributed by atoms with E-state index in [4.69, 9.17) is 10.8 Å². The predicted octanol–water partition coefficient (Wildman–Crippen LogP) is 0.210. The van der Waals surface area contributed by atoms with Crippen molar-refractivity contribution in [3.8, 4) is 0 Å². The summed E-state index contributed by atoms with van der Waals surface area (Å²) >= 11 is 1.27. The Kier molecular flexibility index (Phi) is 4.81. The molecular formula is C10H14N4O4S. The first kappa shape index (κ1) is 14.9. The second kappa shape index (κ2) is 6.14. The van der Waals surface area contributed by atoms with Crippen molar-refractivity contribution in [3.05, 3.63) is 10.6 Å². The van der Waals surface area contributed by atoms with Gasteiger partial charge >= 0.3 is 12.0 Å². The van der Waals surface area contributed by atoms with Gasteiger partial charge < -0.3 is 16.2 Å². The average Bonchev–Trinajstić information content (AvgIpc) is 2.55. The van der Waals surface area contributed by atoms with E-state index in [9.17, 15) is 14.4 Å². The van der Waals surface area contributed by atoms with Crippen LogP contribution in [0.1, 0.15) is 17.0 Å². The minimum Gasteiger partial charge on any atom is -0.480 e. The van der Waals surface area contributed by atoms with Gasteiger partial charge in [0.25, 0.3) is 0 Å². The molecule has 19 heavy (non-hydrogen) atoms. The fourth-order valence-corrected chi connectivity index (χ4v) is 2.03. The van der Waals surface area contributed by atoms with Gasteiger partial charge in [0.05, 0.1) is 12.1 Å². The topological polar surface area (TPSA) is 134 Å². The first-order valence-electron chi connectivity index (χ1n) is 5.32. The number of thiazole rings is 1. The smallest absolute Gasteiger partial charge is 0.326 e. The number of carbonyl (C=O) groups is 3. The van der Waals surface area contributed by atoms with Crippen molar-refractivity contribution in [1.82, 2.24) is 10.3 Å². The fraction of sp³-hybridized carbons (Fsp3) is 0.400. The van der Waals surface area contributed by atoms with Crippen LogP contribution in [-0.4, -0.2) is 34.0 Å². The molecule has 1 aromatic rings. The molecule has 104 valence electrons. The molecule has 1 aromatic heterocycles. The highest BCUT2D eigenvalue weighted by atomic mass is 32.1. The van der Waals surface area contributed by atoms with Gasteiger partial charge in [0, 0.05) is 4.88 Å². The Labute approximate surface area is 113 Å². The molecule has 0 aliphatic heterocycles. The van der Waals surface area contributed by atoms with E-state index in [0.717, 1.165) is 10.6 Å². The first-order chi connectivity index (χ1) is 8.79. The number of hydrogen-bond donors (Lipinski definition) is 4. The Morgan fingerprint density at radius 3 is 2.47 bits per heavy atom. The molecule has 0 saturated carbocycles. The summed E-state index contributed by atoms with van der Waals surface area (Å²) < 4.78 is 0. The molecule has 0 aliphatic carbocycles. The van der Waals surface area contributed by atoms with E-state index in [1.165, 1.54) is 11.3 Å². The van der Waals surface area contributed by atoms with E-state index in [0.29, 0.717) is 5.13 Å². The second-order valence-corrected chi connectivity index (χ2v) is 5.02. The molecule has 8 nitrogen and oxygen atoms in total. The van der Waals surface area contributed by atoms with Crippen molar-refractivity contribution >= 4 is 34.4 Å². The highest BCUT2D eigenvalue weighted by Gasteiger charge is 2.22. The molecular weight excluding hydrogens is 272 g/mol. The lowest BCUT2D eigenvalue weighted by molar-refractivity contribution is -0.140. The van der Waals surface area contributed by atoms with Crippen molar-refractivity contribution in [1.29, 1.82) is 0 Å². The zero-order valence-corrected chi connectivity index (χ0v) is 11.2.